The van der Waals surface area contributed by atoms with Crippen molar-refractivity contribution in [3.05, 3.63) is 101 Å². The van der Waals surface area contributed by atoms with Crippen LogP contribution in [0, 0.1) is 0 Å². The first-order valence-electron chi connectivity index (χ1n) is 14.2. The average molecular weight is 590 g/mol. The third-order valence-corrected chi connectivity index (χ3v) is 7.47. The predicted molar refractivity (Wildman–Crippen MR) is 163 cm³/mol. The molecule has 1 fully saturated rings. The summed E-state index contributed by atoms with van der Waals surface area (Å²) in [5.74, 6) is -0.624. The highest BCUT2D eigenvalue weighted by Gasteiger charge is 2.37. The van der Waals surface area contributed by atoms with Crippen LogP contribution in [0.1, 0.15) is 52.7 Å². The lowest BCUT2D eigenvalue weighted by molar-refractivity contribution is -0.137. The van der Waals surface area contributed by atoms with E-state index >= 15 is 0 Å². The molecule has 1 aromatic heterocycles. The Morgan fingerprint density at radius 1 is 1.07 bits per heavy atom. The van der Waals surface area contributed by atoms with Crippen molar-refractivity contribution in [3.8, 4) is 0 Å². The van der Waals surface area contributed by atoms with Crippen molar-refractivity contribution in [2.24, 2.45) is 5.73 Å². The Morgan fingerprint density at radius 2 is 1.86 bits per heavy atom. The molecule has 0 aliphatic carbocycles. The maximum atomic E-state index is 14.0. The summed E-state index contributed by atoms with van der Waals surface area (Å²) in [6.07, 6.45) is -1.60. The molecule has 224 valence electrons. The molecule has 5 rings (SSSR count). The van der Waals surface area contributed by atoms with Gasteiger partial charge in [-0.05, 0) is 79.8 Å². The highest BCUT2D eigenvalue weighted by Crippen LogP contribution is 2.39. The first-order chi connectivity index (χ1) is 20.7. The second-order valence-corrected chi connectivity index (χ2v) is 10.4. The van der Waals surface area contributed by atoms with Crippen LogP contribution in [-0.2, 0) is 12.7 Å². The standard InChI is InChI=1S/C32H34F3N7O/c1-2-42(28-11-4-3-10-26(28)29(36)43)30-27(32(33,34)35)20-39-31(41-30)40-24-14-12-21(13-15-24)18-38-25-9-5-7-22(17-25)23-8-6-16-37-19-23/h3-5,7,9-15,17,20,23,37-38H,2,6,8,16,18-19H2,1H3,(H2,36,43)(H,39,40,41). The van der Waals surface area contributed by atoms with Crippen molar-refractivity contribution in [2.45, 2.75) is 38.4 Å². The van der Waals surface area contributed by atoms with Gasteiger partial charge in [0.25, 0.3) is 5.91 Å². The number of para-hydroxylation sites is 1. The second kappa shape index (κ2) is 13.1. The van der Waals surface area contributed by atoms with Crippen molar-refractivity contribution < 1.29 is 18.0 Å². The van der Waals surface area contributed by atoms with Crippen molar-refractivity contribution in [2.75, 3.05) is 35.2 Å². The van der Waals surface area contributed by atoms with E-state index in [2.05, 4.69) is 50.2 Å². The Bertz CT molecular complexity index is 1550. The van der Waals surface area contributed by atoms with Gasteiger partial charge < -0.3 is 26.6 Å². The van der Waals surface area contributed by atoms with Crippen LogP contribution in [0.4, 0.5) is 42.0 Å². The van der Waals surface area contributed by atoms with E-state index in [9.17, 15) is 18.0 Å². The summed E-state index contributed by atoms with van der Waals surface area (Å²) in [6.45, 7) is 4.46. The van der Waals surface area contributed by atoms with Gasteiger partial charge in [0, 0.05) is 37.2 Å². The molecule has 0 bridgehead atoms. The van der Waals surface area contributed by atoms with E-state index in [-0.39, 0.29) is 29.6 Å². The van der Waals surface area contributed by atoms with Gasteiger partial charge in [0.2, 0.25) is 5.95 Å². The van der Waals surface area contributed by atoms with Crippen molar-refractivity contribution in [1.29, 1.82) is 0 Å². The summed E-state index contributed by atoms with van der Waals surface area (Å²) in [7, 11) is 0. The molecule has 1 aliphatic rings. The van der Waals surface area contributed by atoms with Gasteiger partial charge in [-0.15, -0.1) is 0 Å². The second-order valence-electron chi connectivity index (χ2n) is 10.4. The van der Waals surface area contributed by atoms with E-state index in [0.717, 1.165) is 30.5 Å². The summed E-state index contributed by atoms with van der Waals surface area (Å²) in [6, 6.07) is 22.2. The number of alkyl halides is 3. The Labute approximate surface area is 248 Å². The minimum absolute atomic E-state index is 0.0158. The zero-order chi connectivity index (χ0) is 30.4. The third kappa shape index (κ3) is 7.23. The Kier molecular flexibility index (Phi) is 9.10. The summed E-state index contributed by atoms with van der Waals surface area (Å²) >= 11 is 0. The quantitative estimate of drug-likeness (QED) is 0.166. The molecule has 0 spiro atoms. The van der Waals surface area contributed by atoms with E-state index in [0.29, 0.717) is 18.2 Å². The molecule has 8 nitrogen and oxygen atoms in total. The number of nitrogens with one attached hydrogen (secondary N) is 3. The van der Waals surface area contributed by atoms with E-state index in [4.69, 9.17) is 5.73 Å². The molecule has 11 heteroatoms. The van der Waals surface area contributed by atoms with Crippen LogP contribution in [0.5, 0.6) is 0 Å². The van der Waals surface area contributed by atoms with Gasteiger partial charge >= 0.3 is 6.18 Å². The zero-order valence-electron chi connectivity index (χ0n) is 23.8. The first kappa shape index (κ1) is 29.8. The van der Waals surface area contributed by atoms with Crippen LogP contribution in [0.25, 0.3) is 0 Å². The largest absolute Gasteiger partial charge is 0.421 e. The number of hydrogen-bond donors (Lipinski definition) is 4. The van der Waals surface area contributed by atoms with Crippen LogP contribution in [0.2, 0.25) is 0 Å². The number of carbonyl (C=O) groups is 1. The number of primary amides is 1. The maximum Gasteiger partial charge on any atom is 0.421 e. The van der Waals surface area contributed by atoms with E-state index in [1.54, 1.807) is 19.1 Å². The molecule has 1 saturated heterocycles. The van der Waals surface area contributed by atoms with Gasteiger partial charge in [-0.3, -0.25) is 4.79 Å². The summed E-state index contributed by atoms with van der Waals surface area (Å²) in [5.41, 5.74) is 8.82. The van der Waals surface area contributed by atoms with Gasteiger partial charge in [-0.1, -0.05) is 36.4 Å². The molecule has 43 heavy (non-hydrogen) atoms. The Hall–Kier alpha value is -4.64. The number of carbonyl (C=O) groups excluding carboxylic acids is 1. The zero-order valence-corrected chi connectivity index (χ0v) is 23.8. The predicted octanol–water partition coefficient (Wildman–Crippen LogP) is 6.58. The molecule has 1 amide bonds. The Balaban J connectivity index is 1.32. The summed E-state index contributed by atoms with van der Waals surface area (Å²) in [5, 5.41) is 9.94. The highest BCUT2D eigenvalue weighted by molar-refractivity contribution is 5.99. The molecule has 5 N–H and O–H groups in total. The monoisotopic (exact) mass is 589 g/mol. The summed E-state index contributed by atoms with van der Waals surface area (Å²) in [4.78, 5) is 21.5. The lowest BCUT2D eigenvalue weighted by atomic mass is 9.91. The molecule has 1 aliphatic heterocycles. The number of rotatable bonds is 10. The smallest absolute Gasteiger partial charge is 0.381 e. The minimum Gasteiger partial charge on any atom is -0.381 e. The van der Waals surface area contributed by atoms with Crippen molar-refractivity contribution >= 4 is 34.7 Å². The van der Waals surface area contributed by atoms with Crippen LogP contribution in [0.3, 0.4) is 0 Å². The van der Waals surface area contributed by atoms with Crippen LogP contribution >= 0.6 is 0 Å². The Morgan fingerprint density at radius 3 is 2.56 bits per heavy atom. The fourth-order valence-electron chi connectivity index (χ4n) is 5.27. The number of nitrogens with zero attached hydrogens (tertiary/aromatic N) is 3. The molecular formula is C32H34F3N7O. The van der Waals surface area contributed by atoms with Gasteiger partial charge in [0.15, 0.2) is 5.82 Å². The highest BCUT2D eigenvalue weighted by atomic mass is 19.4. The summed E-state index contributed by atoms with van der Waals surface area (Å²) < 4.78 is 42.0. The fourth-order valence-corrected chi connectivity index (χ4v) is 5.27. The van der Waals surface area contributed by atoms with Gasteiger partial charge in [0.1, 0.15) is 5.56 Å². The van der Waals surface area contributed by atoms with Gasteiger partial charge in [0.05, 0.1) is 11.3 Å². The number of anilines is 5. The molecule has 3 aromatic carbocycles. The van der Waals surface area contributed by atoms with Crippen molar-refractivity contribution in [1.82, 2.24) is 15.3 Å². The van der Waals surface area contributed by atoms with Gasteiger partial charge in [-0.2, -0.15) is 18.2 Å². The van der Waals surface area contributed by atoms with E-state index in [1.807, 2.05) is 24.3 Å². The molecule has 0 saturated carbocycles. The fraction of sp³-hybridized carbons (Fsp3) is 0.281. The third-order valence-electron chi connectivity index (χ3n) is 7.47. The molecule has 0 radical (unpaired) electrons. The first-order valence-corrected chi connectivity index (χ1v) is 14.2. The van der Waals surface area contributed by atoms with Crippen LogP contribution in [0.15, 0.2) is 79.0 Å². The lowest BCUT2D eigenvalue weighted by Crippen LogP contribution is -2.28. The number of piperidine rings is 1. The van der Waals surface area contributed by atoms with Gasteiger partial charge in [-0.25, -0.2) is 4.98 Å². The molecule has 4 aromatic rings. The van der Waals surface area contributed by atoms with Crippen LogP contribution < -0.4 is 26.6 Å². The number of hydrogen-bond acceptors (Lipinski definition) is 7. The normalized spacial score (nSPS) is 15.1. The number of nitrogens with two attached hydrogens (primary N) is 1. The topological polar surface area (TPSA) is 108 Å². The average Bonchev–Trinajstić information content (AvgIpc) is 3.01. The molecule has 1 unspecified atom stereocenters. The number of aromatic nitrogens is 2. The maximum absolute atomic E-state index is 14.0. The molecule has 1 atom stereocenters. The number of amides is 1. The van der Waals surface area contributed by atoms with Crippen LogP contribution in [-0.4, -0.2) is 35.5 Å². The van der Waals surface area contributed by atoms with E-state index in [1.165, 1.54) is 35.4 Å². The lowest BCUT2D eigenvalue weighted by Gasteiger charge is -2.27. The van der Waals surface area contributed by atoms with Crippen molar-refractivity contribution in [3.63, 3.8) is 0 Å². The van der Waals surface area contributed by atoms with E-state index < -0.39 is 17.6 Å². The molecule has 2 heterocycles. The minimum atomic E-state index is -4.72. The SMILES string of the molecule is CCN(c1ccccc1C(N)=O)c1nc(Nc2ccc(CNc3cccc(C4CCCNC4)c3)cc2)ncc1C(F)(F)F. The number of benzene rings is 3. The number of halogens is 3. The molecular weight excluding hydrogens is 555 g/mol.